The molecule has 1 saturated heterocycles. The third-order valence-electron chi connectivity index (χ3n) is 2.91. The Kier molecular flexibility index (Phi) is 4.36. The molecule has 0 aliphatic carbocycles. The normalized spacial score (nSPS) is 14.9. The van der Waals surface area contributed by atoms with Crippen LogP contribution in [0.2, 0.25) is 5.15 Å². The summed E-state index contributed by atoms with van der Waals surface area (Å²) < 4.78 is 0. The minimum Gasteiger partial charge on any atom is -0.369 e. The number of amides is 1. The average molecular weight is 269 g/mol. The van der Waals surface area contributed by atoms with Crippen LogP contribution in [-0.2, 0) is 4.79 Å². The molecule has 1 N–H and O–H groups in total. The smallest absolute Gasteiger partial charge is 0.224 e. The van der Waals surface area contributed by atoms with Crippen LogP contribution in [0.15, 0.2) is 6.07 Å². The number of rotatable bonds is 4. The molecule has 1 amide bonds. The highest BCUT2D eigenvalue weighted by Crippen LogP contribution is 2.12. The molecule has 1 aliphatic heterocycles. The first-order valence-corrected chi connectivity index (χ1v) is 6.56. The van der Waals surface area contributed by atoms with Crippen LogP contribution in [0.4, 0.5) is 5.82 Å². The van der Waals surface area contributed by atoms with E-state index in [4.69, 9.17) is 11.6 Å². The summed E-state index contributed by atoms with van der Waals surface area (Å²) in [6.07, 6.45) is 2.74. The standard InChI is InChI=1S/C12H17ClN4O/c1-9-15-10(13)8-11(16-9)14-5-4-12(18)17-6-2-3-7-17/h8H,2-7H2,1H3,(H,14,15,16). The van der Waals surface area contributed by atoms with Gasteiger partial charge in [0.05, 0.1) is 0 Å². The molecule has 1 aliphatic rings. The van der Waals surface area contributed by atoms with Crippen molar-refractivity contribution in [2.24, 2.45) is 0 Å². The average Bonchev–Trinajstić information content (AvgIpc) is 2.80. The fraction of sp³-hybridized carbons (Fsp3) is 0.583. The van der Waals surface area contributed by atoms with E-state index in [1.165, 1.54) is 0 Å². The van der Waals surface area contributed by atoms with Crippen LogP contribution >= 0.6 is 11.6 Å². The lowest BCUT2D eigenvalue weighted by Gasteiger charge is -2.15. The number of nitrogens with zero attached hydrogens (tertiary/aromatic N) is 3. The molecular weight excluding hydrogens is 252 g/mol. The van der Waals surface area contributed by atoms with Gasteiger partial charge in [0.1, 0.15) is 16.8 Å². The van der Waals surface area contributed by atoms with E-state index >= 15 is 0 Å². The first-order chi connectivity index (χ1) is 8.65. The summed E-state index contributed by atoms with van der Waals surface area (Å²) in [7, 11) is 0. The van der Waals surface area contributed by atoms with Crippen molar-refractivity contribution in [3.8, 4) is 0 Å². The van der Waals surface area contributed by atoms with Crippen molar-refractivity contribution >= 4 is 23.3 Å². The van der Waals surface area contributed by atoms with Crippen molar-refractivity contribution in [3.05, 3.63) is 17.0 Å². The Bertz CT molecular complexity index is 412. The van der Waals surface area contributed by atoms with Crippen molar-refractivity contribution in [2.45, 2.75) is 26.2 Å². The maximum atomic E-state index is 11.8. The Morgan fingerprint density at radius 3 is 2.83 bits per heavy atom. The van der Waals surface area contributed by atoms with Gasteiger partial charge in [-0.2, -0.15) is 0 Å². The molecule has 1 fully saturated rings. The quantitative estimate of drug-likeness (QED) is 0.847. The summed E-state index contributed by atoms with van der Waals surface area (Å²) in [5.41, 5.74) is 0. The number of aromatic nitrogens is 2. The number of halogens is 1. The lowest BCUT2D eigenvalue weighted by Crippen LogP contribution is -2.29. The molecule has 0 aromatic carbocycles. The molecule has 0 bridgehead atoms. The van der Waals surface area contributed by atoms with Crippen molar-refractivity contribution in [3.63, 3.8) is 0 Å². The molecule has 0 radical (unpaired) electrons. The lowest BCUT2D eigenvalue weighted by atomic mass is 10.3. The molecule has 0 unspecified atom stereocenters. The minimum absolute atomic E-state index is 0.205. The lowest BCUT2D eigenvalue weighted by molar-refractivity contribution is -0.129. The molecule has 0 saturated carbocycles. The van der Waals surface area contributed by atoms with Gasteiger partial charge in [0, 0.05) is 32.1 Å². The van der Waals surface area contributed by atoms with E-state index in [-0.39, 0.29) is 5.91 Å². The van der Waals surface area contributed by atoms with Gasteiger partial charge in [-0.3, -0.25) is 4.79 Å². The van der Waals surface area contributed by atoms with Crippen LogP contribution in [0.3, 0.4) is 0 Å². The molecule has 0 spiro atoms. The third kappa shape index (κ3) is 3.57. The molecule has 2 heterocycles. The fourth-order valence-corrected chi connectivity index (χ4v) is 2.27. The molecule has 1 aromatic rings. The number of carbonyl (C=O) groups excluding carboxylic acids is 1. The minimum atomic E-state index is 0.205. The highest BCUT2D eigenvalue weighted by atomic mass is 35.5. The van der Waals surface area contributed by atoms with Gasteiger partial charge in [-0.25, -0.2) is 9.97 Å². The summed E-state index contributed by atoms with van der Waals surface area (Å²) in [5, 5.41) is 3.51. The number of hydrogen-bond donors (Lipinski definition) is 1. The fourth-order valence-electron chi connectivity index (χ4n) is 2.04. The van der Waals surface area contributed by atoms with E-state index in [0.717, 1.165) is 25.9 Å². The van der Waals surface area contributed by atoms with Crippen LogP contribution in [0.25, 0.3) is 0 Å². The second-order valence-corrected chi connectivity index (χ2v) is 4.78. The van der Waals surface area contributed by atoms with Crippen LogP contribution in [0, 0.1) is 6.92 Å². The van der Waals surface area contributed by atoms with Crippen LogP contribution in [0.5, 0.6) is 0 Å². The van der Waals surface area contributed by atoms with Gasteiger partial charge in [0.2, 0.25) is 5.91 Å². The van der Waals surface area contributed by atoms with Gasteiger partial charge in [-0.05, 0) is 19.8 Å². The van der Waals surface area contributed by atoms with Gasteiger partial charge in [0.25, 0.3) is 0 Å². The molecule has 6 heteroatoms. The molecule has 5 nitrogen and oxygen atoms in total. The number of nitrogens with one attached hydrogen (secondary N) is 1. The summed E-state index contributed by atoms with van der Waals surface area (Å²) in [6.45, 7) is 4.16. The third-order valence-corrected chi connectivity index (χ3v) is 3.10. The number of likely N-dealkylation sites (tertiary alicyclic amines) is 1. The first kappa shape index (κ1) is 13.1. The molecular formula is C12H17ClN4O. The molecule has 0 atom stereocenters. The van der Waals surface area contributed by atoms with E-state index in [2.05, 4.69) is 15.3 Å². The highest BCUT2D eigenvalue weighted by Gasteiger charge is 2.16. The van der Waals surface area contributed by atoms with Crippen molar-refractivity contribution in [1.29, 1.82) is 0 Å². The van der Waals surface area contributed by atoms with E-state index in [0.29, 0.717) is 29.8 Å². The van der Waals surface area contributed by atoms with Crippen LogP contribution in [-0.4, -0.2) is 40.4 Å². The zero-order chi connectivity index (χ0) is 13.0. The highest BCUT2D eigenvalue weighted by molar-refractivity contribution is 6.29. The van der Waals surface area contributed by atoms with Gasteiger partial charge in [-0.15, -0.1) is 0 Å². The Labute approximate surface area is 112 Å². The number of hydrogen-bond acceptors (Lipinski definition) is 4. The SMILES string of the molecule is Cc1nc(Cl)cc(NCCC(=O)N2CCCC2)n1. The van der Waals surface area contributed by atoms with Gasteiger partial charge >= 0.3 is 0 Å². The summed E-state index contributed by atoms with van der Waals surface area (Å²) in [4.78, 5) is 21.9. The maximum Gasteiger partial charge on any atom is 0.224 e. The van der Waals surface area contributed by atoms with Gasteiger partial charge in [0.15, 0.2) is 0 Å². The second-order valence-electron chi connectivity index (χ2n) is 4.39. The van der Waals surface area contributed by atoms with Crippen LogP contribution < -0.4 is 5.32 Å². The number of aryl methyl sites for hydroxylation is 1. The monoisotopic (exact) mass is 268 g/mol. The summed E-state index contributed by atoms with van der Waals surface area (Å²) in [5.74, 6) is 1.49. The van der Waals surface area contributed by atoms with Gasteiger partial charge < -0.3 is 10.2 Å². The first-order valence-electron chi connectivity index (χ1n) is 6.18. The zero-order valence-corrected chi connectivity index (χ0v) is 11.2. The van der Waals surface area contributed by atoms with E-state index in [1.54, 1.807) is 13.0 Å². The Hall–Kier alpha value is -1.36. The predicted octanol–water partition coefficient (Wildman–Crippen LogP) is 1.86. The number of carbonyl (C=O) groups is 1. The topological polar surface area (TPSA) is 58.1 Å². The van der Waals surface area contributed by atoms with Crippen molar-refractivity contribution < 1.29 is 4.79 Å². The van der Waals surface area contributed by atoms with E-state index in [1.807, 2.05) is 4.90 Å². The largest absolute Gasteiger partial charge is 0.369 e. The van der Waals surface area contributed by atoms with Gasteiger partial charge in [-0.1, -0.05) is 11.6 Å². The Morgan fingerprint density at radius 1 is 1.44 bits per heavy atom. The zero-order valence-electron chi connectivity index (χ0n) is 10.4. The maximum absolute atomic E-state index is 11.8. The Morgan fingerprint density at radius 2 is 2.17 bits per heavy atom. The van der Waals surface area contributed by atoms with E-state index in [9.17, 15) is 4.79 Å². The molecule has 98 valence electrons. The van der Waals surface area contributed by atoms with E-state index < -0.39 is 0 Å². The van der Waals surface area contributed by atoms with Crippen molar-refractivity contribution in [2.75, 3.05) is 25.0 Å². The predicted molar refractivity (Wildman–Crippen MR) is 70.7 cm³/mol. The molecule has 2 rings (SSSR count). The van der Waals surface area contributed by atoms with Crippen LogP contribution in [0.1, 0.15) is 25.1 Å². The second kappa shape index (κ2) is 6.00. The summed E-state index contributed by atoms with van der Waals surface area (Å²) in [6, 6.07) is 1.66. The summed E-state index contributed by atoms with van der Waals surface area (Å²) >= 11 is 5.83. The number of anilines is 1. The molecule has 18 heavy (non-hydrogen) atoms. The Balaban J connectivity index is 1.79. The van der Waals surface area contributed by atoms with Crippen molar-refractivity contribution in [1.82, 2.24) is 14.9 Å². The molecule has 1 aromatic heterocycles.